The number of benzene rings is 1. The van der Waals surface area contributed by atoms with Crippen LogP contribution in [0.25, 0.3) is 10.1 Å². The standard InChI is InChI=1S/C9H7IO2S/c1-12-9-3-5-2-6(10)7(11)4-8(5)13-9/h2-4,11H,1H3. The monoisotopic (exact) mass is 306 g/mol. The fourth-order valence-corrected chi connectivity index (χ4v) is 2.51. The molecule has 1 N–H and O–H groups in total. The fourth-order valence-electron chi connectivity index (χ4n) is 1.12. The number of fused-ring (bicyclic) bond motifs is 1. The van der Waals surface area contributed by atoms with Crippen molar-refractivity contribution in [1.29, 1.82) is 0 Å². The molecule has 0 spiro atoms. The first-order valence-corrected chi connectivity index (χ1v) is 5.56. The second kappa shape index (κ2) is 3.34. The van der Waals surface area contributed by atoms with E-state index in [9.17, 15) is 5.11 Å². The summed E-state index contributed by atoms with van der Waals surface area (Å²) >= 11 is 3.64. The molecule has 1 aromatic carbocycles. The van der Waals surface area contributed by atoms with Crippen molar-refractivity contribution in [1.82, 2.24) is 0 Å². The predicted molar refractivity (Wildman–Crippen MR) is 62.8 cm³/mol. The molecule has 2 aromatic rings. The highest BCUT2D eigenvalue weighted by atomic mass is 127. The molecule has 0 radical (unpaired) electrons. The van der Waals surface area contributed by atoms with Crippen LogP contribution in [-0.2, 0) is 0 Å². The van der Waals surface area contributed by atoms with Crippen LogP contribution in [0.3, 0.4) is 0 Å². The molecule has 4 heteroatoms. The van der Waals surface area contributed by atoms with E-state index in [0.29, 0.717) is 5.75 Å². The first-order valence-electron chi connectivity index (χ1n) is 3.67. The minimum Gasteiger partial charge on any atom is -0.507 e. The number of rotatable bonds is 1. The van der Waals surface area contributed by atoms with Gasteiger partial charge in [0.25, 0.3) is 0 Å². The maximum atomic E-state index is 9.46. The molecule has 0 bridgehead atoms. The lowest BCUT2D eigenvalue weighted by molar-refractivity contribution is 0.427. The van der Waals surface area contributed by atoms with Crippen molar-refractivity contribution in [2.75, 3.05) is 7.11 Å². The van der Waals surface area contributed by atoms with Crippen LogP contribution >= 0.6 is 33.9 Å². The molecular formula is C9H7IO2S. The van der Waals surface area contributed by atoms with Gasteiger partial charge in [-0.05, 0) is 46.2 Å². The number of phenolic OH excluding ortho intramolecular Hbond substituents is 1. The molecule has 2 nitrogen and oxygen atoms in total. The molecule has 0 fully saturated rings. The van der Waals surface area contributed by atoms with Gasteiger partial charge in [-0.15, -0.1) is 0 Å². The lowest BCUT2D eigenvalue weighted by atomic mass is 10.2. The normalized spacial score (nSPS) is 10.6. The van der Waals surface area contributed by atoms with Crippen LogP contribution in [0.1, 0.15) is 0 Å². The first-order chi connectivity index (χ1) is 6.20. The third-order valence-corrected chi connectivity index (χ3v) is 3.69. The molecule has 2 rings (SSSR count). The average Bonchev–Trinajstić information content (AvgIpc) is 2.48. The van der Waals surface area contributed by atoms with E-state index in [1.54, 1.807) is 13.2 Å². The van der Waals surface area contributed by atoms with Crippen molar-refractivity contribution in [3.05, 3.63) is 21.8 Å². The van der Waals surface area contributed by atoms with Gasteiger partial charge < -0.3 is 9.84 Å². The quantitative estimate of drug-likeness (QED) is 0.820. The van der Waals surface area contributed by atoms with Crippen LogP contribution in [0.2, 0.25) is 0 Å². The highest BCUT2D eigenvalue weighted by molar-refractivity contribution is 14.1. The Hall–Kier alpha value is -0.490. The summed E-state index contributed by atoms with van der Waals surface area (Å²) in [6.07, 6.45) is 0. The van der Waals surface area contributed by atoms with Gasteiger partial charge in [0.05, 0.1) is 10.7 Å². The zero-order chi connectivity index (χ0) is 9.42. The van der Waals surface area contributed by atoms with Gasteiger partial charge in [-0.2, -0.15) is 0 Å². The van der Waals surface area contributed by atoms with Gasteiger partial charge in [-0.3, -0.25) is 0 Å². The van der Waals surface area contributed by atoms with E-state index in [2.05, 4.69) is 22.6 Å². The van der Waals surface area contributed by atoms with Crippen molar-refractivity contribution in [3.8, 4) is 10.8 Å². The molecule has 13 heavy (non-hydrogen) atoms. The van der Waals surface area contributed by atoms with Gasteiger partial charge in [0.1, 0.15) is 5.75 Å². The predicted octanol–water partition coefficient (Wildman–Crippen LogP) is 3.22. The topological polar surface area (TPSA) is 29.5 Å². The summed E-state index contributed by atoms with van der Waals surface area (Å²) in [6.45, 7) is 0. The smallest absolute Gasteiger partial charge is 0.174 e. The first kappa shape index (κ1) is 9.08. The van der Waals surface area contributed by atoms with E-state index in [-0.39, 0.29) is 0 Å². The number of halogens is 1. The third-order valence-electron chi connectivity index (χ3n) is 1.76. The Morgan fingerprint density at radius 3 is 2.85 bits per heavy atom. The SMILES string of the molecule is COc1cc2cc(I)c(O)cc2s1. The summed E-state index contributed by atoms with van der Waals surface area (Å²) in [4.78, 5) is 0. The largest absolute Gasteiger partial charge is 0.507 e. The Bertz CT molecular complexity index is 411. The molecule has 0 atom stereocenters. The lowest BCUT2D eigenvalue weighted by Gasteiger charge is -1.94. The third kappa shape index (κ3) is 1.60. The van der Waals surface area contributed by atoms with Gasteiger partial charge in [0.2, 0.25) is 0 Å². The fraction of sp³-hybridized carbons (Fsp3) is 0.111. The molecule has 0 aliphatic heterocycles. The van der Waals surface area contributed by atoms with Crippen molar-refractivity contribution >= 4 is 44.0 Å². The molecular weight excluding hydrogens is 299 g/mol. The Labute approximate surface area is 93.3 Å². The van der Waals surface area contributed by atoms with E-state index in [4.69, 9.17) is 4.74 Å². The summed E-state index contributed by atoms with van der Waals surface area (Å²) in [7, 11) is 1.65. The summed E-state index contributed by atoms with van der Waals surface area (Å²) in [6, 6.07) is 5.69. The van der Waals surface area contributed by atoms with Crippen LogP contribution in [0.15, 0.2) is 18.2 Å². The molecule has 1 heterocycles. The summed E-state index contributed by atoms with van der Waals surface area (Å²) in [5.41, 5.74) is 0. The maximum absolute atomic E-state index is 9.46. The molecule has 0 saturated carbocycles. The van der Waals surface area contributed by atoms with E-state index in [1.165, 1.54) is 11.3 Å². The molecule has 1 aromatic heterocycles. The number of thiophene rings is 1. The van der Waals surface area contributed by atoms with Crippen LogP contribution in [0.4, 0.5) is 0 Å². The number of methoxy groups -OCH3 is 1. The Kier molecular flexibility index (Phi) is 2.33. The highest BCUT2D eigenvalue weighted by Gasteiger charge is 2.05. The van der Waals surface area contributed by atoms with Gasteiger partial charge in [0.15, 0.2) is 5.06 Å². The van der Waals surface area contributed by atoms with E-state index >= 15 is 0 Å². The van der Waals surface area contributed by atoms with Crippen molar-refractivity contribution in [2.45, 2.75) is 0 Å². The number of ether oxygens (including phenoxy) is 1. The van der Waals surface area contributed by atoms with Gasteiger partial charge >= 0.3 is 0 Å². The lowest BCUT2D eigenvalue weighted by Crippen LogP contribution is -1.73. The van der Waals surface area contributed by atoms with Gasteiger partial charge in [0, 0.05) is 4.70 Å². The van der Waals surface area contributed by atoms with E-state index in [0.717, 1.165) is 18.7 Å². The minimum absolute atomic E-state index is 0.331. The van der Waals surface area contributed by atoms with Gasteiger partial charge in [-0.1, -0.05) is 11.3 Å². The number of phenols is 1. The van der Waals surface area contributed by atoms with Gasteiger partial charge in [-0.25, -0.2) is 0 Å². The molecule has 0 saturated heterocycles. The van der Waals surface area contributed by atoms with Crippen molar-refractivity contribution in [3.63, 3.8) is 0 Å². The van der Waals surface area contributed by atoms with E-state index in [1.807, 2.05) is 12.1 Å². The summed E-state index contributed by atoms with van der Waals surface area (Å²) < 4.78 is 7.03. The number of aromatic hydroxyl groups is 1. The van der Waals surface area contributed by atoms with Crippen molar-refractivity contribution < 1.29 is 9.84 Å². The zero-order valence-corrected chi connectivity index (χ0v) is 9.85. The Morgan fingerprint density at radius 2 is 2.15 bits per heavy atom. The molecule has 0 aliphatic rings. The zero-order valence-electron chi connectivity index (χ0n) is 6.87. The second-order valence-electron chi connectivity index (χ2n) is 2.61. The molecule has 0 aliphatic carbocycles. The number of hydrogen-bond donors (Lipinski definition) is 1. The van der Waals surface area contributed by atoms with Crippen LogP contribution in [0, 0.1) is 3.57 Å². The van der Waals surface area contributed by atoms with Crippen LogP contribution < -0.4 is 4.74 Å². The molecule has 68 valence electrons. The molecule has 0 amide bonds. The number of hydrogen-bond acceptors (Lipinski definition) is 3. The summed E-state index contributed by atoms with van der Waals surface area (Å²) in [5, 5.41) is 11.4. The highest BCUT2D eigenvalue weighted by Crippen LogP contribution is 2.35. The van der Waals surface area contributed by atoms with Crippen molar-refractivity contribution in [2.24, 2.45) is 0 Å². The Balaban J connectivity index is 2.70. The minimum atomic E-state index is 0.331. The van der Waals surface area contributed by atoms with Crippen LogP contribution in [0.5, 0.6) is 10.8 Å². The Morgan fingerprint density at radius 1 is 1.38 bits per heavy atom. The maximum Gasteiger partial charge on any atom is 0.174 e. The van der Waals surface area contributed by atoms with E-state index < -0.39 is 0 Å². The van der Waals surface area contributed by atoms with Crippen LogP contribution in [-0.4, -0.2) is 12.2 Å². The molecule has 0 unspecified atom stereocenters. The average molecular weight is 306 g/mol. The second-order valence-corrected chi connectivity index (χ2v) is 4.82. The summed E-state index contributed by atoms with van der Waals surface area (Å²) in [5.74, 6) is 0.331.